The van der Waals surface area contributed by atoms with Crippen molar-refractivity contribution in [3.63, 3.8) is 0 Å². The van der Waals surface area contributed by atoms with Crippen LogP contribution in [0.15, 0.2) is 30.7 Å². The summed E-state index contributed by atoms with van der Waals surface area (Å²) in [7, 11) is -5.57. The molecule has 2 heterocycles. The van der Waals surface area contributed by atoms with Crippen LogP contribution in [0.25, 0.3) is 0 Å². The maximum atomic E-state index is 14.0. The molecule has 2 aliphatic rings. The molecule has 1 atom stereocenters. The zero-order valence-corrected chi connectivity index (χ0v) is 18.3. The summed E-state index contributed by atoms with van der Waals surface area (Å²) in [6, 6.07) is 3.39. The lowest BCUT2D eigenvalue weighted by Gasteiger charge is -2.34. The molecule has 0 saturated heterocycles. The van der Waals surface area contributed by atoms with Crippen LogP contribution >= 0.6 is 0 Å². The monoisotopic (exact) mass is 474 g/mol. The number of aromatic nitrogens is 2. The van der Waals surface area contributed by atoms with E-state index in [2.05, 4.69) is 9.97 Å². The highest BCUT2D eigenvalue weighted by Gasteiger charge is 2.51. The van der Waals surface area contributed by atoms with Gasteiger partial charge in [0.15, 0.2) is 0 Å². The second-order valence-electron chi connectivity index (χ2n) is 8.60. The first-order chi connectivity index (χ1) is 15.1. The van der Waals surface area contributed by atoms with Crippen LogP contribution in [-0.4, -0.2) is 40.8 Å². The predicted molar refractivity (Wildman–Crippen MR) is 112 cm³/mol. The molecule has 6 nitrogen and oxygen atoms in total. The molecule has 32 heavy (non-hydrogen) atoms. The van der Waals surface area contributed by atoms with Crippen molar-refractivity contribution in [1.82, 2.24) is 14.3 Å². The topological polar surface area (TPSA) is 69.3 Å². The minimum Gasteiger partial charge on any atom is -0.361 e. The smallest absolute Gasteiger partial charge is 0.361 e. The van der Waals surface area contributed by atoms with E-state index >= 15 is 0 Å². The molecule has 1 aromatic heterocycles. The lowest BCUT2D eigenvalue weighted by Crippen LogP contribution is -2.47. The molecule has 1 aliphatic heterocycles. The van der Waals surface area contributed by atoms with Gasteiger partial charge < -0.3 is 9.88 Å². The van der Waals surface area contributed by atoms with E-state index in [-0.39, 0.29) is 12.1 Å². The summed E-state index contributed by atoms with van der Waals surface area (Å²) in [6.45, 7) is -0.554. The molecule has 1 aliphatic carbocycles. The molecule has 0 amide bonds. The van der Waals surface area contributed by atoms with Gasteiger partial charge in [-0.15, -0.1) is 0 Å². The maximum Gasteiger partial charge on any atom is 0.511 e. The van der Waals surface area contributed by atoms with Crippen LogP contribution < -0.4 is 4.90 Å². The van der Waals surface area contributed by atoms with E-state index in [4.69, 9.17) is 0 Å². The second kappa shape index (κ2) is 9.01. The summed E-state index contributed by atoms with van der Waals surface area (Å²) in [5, 5.41) is 0. The Morgan fingerprint density at radius 1 is 1.16 bits per heavy atom. The molecule has 2 aromatic rings. The van der Waals surface area contributed by atoms with Gasteiger partial charge in [0.25, 0.3) is 0 Å². The number of anilines is 1. The van der Waals surface area contributed by atoms with Gasteiger partial charge in [-0.3, -0.25) is 0 Å². The average molecular weight is 475 g/mol. The van der Waals surface area contributed by atoms with Gasteiger partial charge in [0, 0.05) is 31.0 Å². The largest absolute Gasteiger partial charge is 0.511 e. The number of hydrogen-bond donors (Lipinski definition) is 1. The maximum absolute atomic E-state index is 14.0. The normalized spacial score (nSPS) is 21.0. The molecule has 0 radical (unpaired) electrons. The highest BCUT2D eigenvalue weighted by molar-refractivity contribution is 7.89. The summed E-state index contributed by atoms with van der Waals surface area (Å²) in [4.78, 5) is 8.89. The summed E-state index contributed by atoms with van der Waals surface area (Å²) in [5.74, 6) is -0.133. The molecule has 0 bridgehead atoms. The van der Waals surface area contributed by atoms with Crippen molar-refractivity contribution in [2.45, 2.75) is 63.2 Å². The van der Waals surface area contributed by atoms with Gasteiger partial charge in [0.05, 0.1) is 18.6 Å². The Morgan fingerprint density at radius 3 is 2.56 bits per heavy atom. The van der Waals surface area contributed by atoms with Gasteiger partial charge in [-0.05, 0) is 42.5 Å². The molecule has 1 N–H and O–H groups in total. The second-order valence-corrected chi connectivity index (χ2v) is 10.5. The number of fused-ring (bicyclic) bond motifs is 1. The number of H-pyrrole nitrogens is 1. The Morgan fingerprint density at radius 2 is 1.91 bits per heavy atom. The third-order valence-corrected chi connectivity index (χ3v) is 8.01. The Bertz CT molecular complexity index is 1020. The molecule has 4 rings (SSSR count). The van der Waals surface area contributed by atoms with Gasteiger partial charge >= 0.3 is 15.5 Å². The van der Waals surface area contributed by atoms with Crippen LogP contribution in [0.2, 0.25) is 0 Å². The van der Waals surface area contributed by atoms with Crippen LogP contribution in [-0.2, 0) is 23.1 Å². The first-order valence-corrected chi connectivity index (χ1v) is 12.2. The van der Waals surface area contributed by atoms with Gasteiger partial charge in [0.1, 0.15) is 5.82 Å². The van der Waals surface area contributed by atoms with E-state index in [1.807, 2.05) is 4.90 Å². The van der Waals surface area contributed by atoms with Gasteiger partial charge in [-0.25, -0.2) is 17.8 Å². The Balaban J connectivity index is 1.73. The van der Waals surface area contributed by atoms with Crippen molar-refractivity contribution in [3.8, 4) is 0 Å². The number of alkyl halides is 3. The molecule has 1 aromatic carbocycles. The van der Waals surface area contributed by atoms with Crippen molar-refractivity contribution in [3.05, 3.63) is 47.8 Å². The van der Waals surface area contributed by atoms with Crippen molar-refractivity contribution in [2.75, 3.05) is 11.4 Å². The minimum absolute atomic E-state index is 0.209. The number of nitrogens with zero attached hydrogens (tertiary/aromatic N) is 3. The van der Waals surface area contributed by atoms with Gasteiger partial charge in [-0.1, -0.05) is 25.7 Å². The van der Waals surface area contributed by atoms with Crippen LogP contribution in [0.1, 0.15) is 49.8 Å². The predicted octanol–water partition coefficient (Wildman–Crippen LogP) is 4.56. The van der Waals surface area contributed by atoms with Crippen LogP contribution in [0.3, 0.4) is 0 Å². The minimum atomic E-state index is -5.57. The fourth-order valence-corrected chi connectivity index (χ4v) is 5.79. The summed E-state index contributed by atoms with van der Waals surface area (Å²) < 4.78 is 79.5. The van der Waals surface area contributed by atoms with Gasteiger partial charge in [0.2, 0.25) is 0 Å². The third-order valence-electron chi connectivity index (χ3n) is 6.46. The van der Waals surface area contributed by atoms with Crippen molar-refractivity contribution in [1.29, 1.82) is 0 Å². The highest BCUT2D eigenvalue weighted by atomic mass is 32.2. The Hall–Kier alpha value is -2.14. The highest BCUT2D eigenvalue weighted by Crippen LogP contribution is 2.37. The van der Waals surface area contributed by atoms with E-state index in [0.717, 1.165) is 43.9 Å². The molecule has 1 fully saturated rings. The molecule has 11 heteroatoms. The first kappa shape index (κ1) is 23.0. The zero-order chi connectivity index (χ0) is 22.9. The van der Waals surface area contributed by atoms with Crippen molar-refractivity contribution < 1.29 is 26.0 Å². The summed E-state index contributed by atoms with van der Waals surface area (Å²) >= 11 is 0. The van der Waals surface area contributed by atoms with Crippen LogP contribution in [0.4, 0.5) is 23.2 Å². The first-order valence-electron chi connectivity index (χ1n) is 10.7. The molecular formula is C21H26F4N4O2S. The number of nitrogens with one attached hydrogen (secondary N) is 1. The molecule has 0 spiro atoms. The van der Waals surface area contributed by atoms with E-state index in [1.54, 1.807) is 6.20 Å². The van der Waals surface area contributed by atoms with E-state index < -0.39 is 33.9 Å². The fraction of sp³-hybridized carbons (Fsp3) is 0.571. The van der Waals surface area contributed by atoms with E-state index in [9.17, 15) is 26.0 Å². The SMILES string of the molecule is O=S(=O)(N1Cc2cc(F)ccc2N(Cc2cnc[nH]2)[C@@H](CCC2CCCC2)C1)C(F)(F)F. The number of aromatic amines is 1. The number of halogens is 4. The number of benzene rings is 1. The summed E-state index contributed by atoms with van der Waals surface area (Å²) in [6.07, 6.45) is 8.92. The lowest BCUT2D eigenvalue weighted by molar-refractivity contribution is -0.0492. The lowest BCUT2D eigenvalue weighted by atomic mass is 9.97. The van der Waals surface area contributed by atoms with Crippen LogP contribution in [0.5, 0.6) is 0 Å². The number of imidazole rings is 1. The number of sulfonamides is 1. The van der Waals surface area contributed by atoms with E-state index in [1.165, 1.54) is 18.5 Å². The van der Waals surface area contributed by atoms with Crippen LogP contribution in [0, 0.1) is 11.7 Å². The number of hydrogen-bond acceptors (Lipinski definition) is 4. The average Bonchev–Trinajstić information content (AvgIpc) is 3.40. The molecule has 0 unspecified atom stereocenters. The van der Waals surface area contributed by atoms with E-state index in [0.29, 0.717) is 28.9 Å². The van der Waals surface area contributed by atoms with Gasteiger partial charge in [-0.2, -0.15) is 17.5 Å². The zero-order valence-electron chi connectivity index (χ0n) is 17.5. The third kappa shape index (κ3) is 4.78. The standard InChI is InChI=1S/C21H26F4N4O2S/c22-17-6-8-20-16(9-17)11-28(32(30,31)21(23,24)25)13-19(7-5-15-3-1-2-4-15)29(20)12-18-10-26-14-27-18/h6,8-10,14-15,19H,1-5,7,11-13H2,(H,26,27)/t19-/m0/s1. The Labute approximate surface area is 184 Å². The fourth-order valence-electron chi connectivity index (χ4n) is 4.82. The molecule has 176 valence electrons. The molecule has 1 saturated carbocycles. The summed E-state index contributed by atoms with van der Waals surface area (Å²) in [5.41, 5.74) is -3.94. The Kier molecular flexibility index (Phi) is 6.49. The quantitative estimate of drug-likeness (QED) is 0.624. The van der Waals surface area contributed by atoms with Crippen molar-refractivity contribution >= 4 is 15.7 Å². The molecular weight excluding hydrogens is 448 g/mol. The number of rotatable bonds is 6. The van der Waals surface area contributed by atoms with Crippen molar-refractivity contribution in [2.24, 2.45) is 5.92 Å².